The molecule has 0 unspecified atom stereocenters. The largest absolute Gasteiger partial charge is 0.357 e. The first-order valence-corrected chi connectivity index (χ1v) is 11.8. The van der Waals surface area contributed by atoms with Crippen LogP contribution in [0.5, 0.6) is 0 Å². The van der Waals surface area contributed by atoms with Crippen molar-refractivity contribution in [3.63, 3.8) is 0 Å². The minimum atomic E-state index is -0.557. The zero-order valence-corrected chi connectivity index (χ0v) is 20.0. The van der Waals surface area contributed by atoms with Crippen molar-refractivity contribution in [2.24, 2.45) is 0 Å². The van der Waals surface area contributed by atoms with Crippen LogP contribution in [0.3, 0.4) is 0 Å². The third kappa shape index (κ3) is 7.38. The molecule has 2 amide bonds. The fraction of sp³-hybridized carbons (Fsp3) is 0.364. The lowest BCUT2D eigenvalue weighted by molar-refractivity contribution is -0.141. The first-order chi connectivity index (χ1) is 14.3. The number of nitrogens with zero attached hydrogens (tertiary/aromatic N) is 1. The molecule has 30 heavy (non-hydrogen) atoms. The van der Waals surface area contributed by atoms with E-state index < -0.39 is 6.04 Å². The number of carbonyl (C=O) groups is 2. The number of thioether (sulfide) groups is 1. The lowest BCUT2D eigenvalue weighted by Crippen LogP contribution is -2.48. The van der Waals surface area contributed by atoms with E-state index in [-0.39, 0.29) is 18.4 Å². The Hall–Kier alpha value is -1.40. The molecule has 0 radical (unpaired) electrons. The molecular weight excluding hydrogens is 463 g/mol. The third-order valence-electron chi connectivity index (χ3n) is 4.61. The topological polar surface area (TPSA) is 49.4 Å². The summed E-state index contributed by atoms with van der Waals surface area (Å²) >= 11 is 19.9. The number of benzene rings is 2. The molecule has 4 nitrogen and oxygen atoms in total. The van der Waals surface area contributed by atoms with Crippen LogP contribution >= 0.6 is 46.6 Å². The lowest BCUT2D eigenvalue weighted by atomic mass is 10.1. The summed E-state index contributed by atoms with van der Waals surface area (Å²) < 4.78 is 0. The van der Waals surface area contributed by atoms with Crippen LogP contribution in [-0.4, -0.2) is 35.6 Å². The average molecular weight is 488 g/mol. The highest BCUT2D eigenvalue weighted by Crippen LogP contribution is 2.25. The Labute approximate surface area is 197 Å². The first-order valence-electron chi connectivity index (χ1n) is 9.69. The van der Waals surface area contributed by atoms with Gasteiger partial charge in [-0.15, -0.1) is 11.8 Å². The number of amides is 2. The summed E-state index contributed by atoms with van der Waals surface area (Å²) in [5.41, 5.74) is 0.757. The zero-order chi connectivity index (χ0) is 22.1. The van der Waals surface area contributed by atoms with Gasteiger partial charge in [0.2, 0.25) is 11.8 Å². The summed E-state index contributed by atoms with van der Waals surface area (Å²) in [5, 5.41) is 4.36. The quantitative estimate of drug-likeness (QED) is 0.327. The SMILES string of the molecule is CC[C@@H](C(=O)NC)N(Cc1ccc(Cl)cc1Cl)C(=O)CCCSc1ccc(Cl)cc1. The molecule has 162 valence electrons. The van der Waals surface area contributed by atoms with Gasteiger partial charge in [0.15, 0.2) is 0 Å². The average Bonchev–Trinajstić information content (AvgIpc) is 2.73. The van der Waals surface area contributed by atoms with Crippen LogP contribution < -0.4 is 5.32 Å². The fourth-order valence-corrected chi connectivity index (χ4v) is 4.45. The van der Waals surface area contributed by atoms with Gasteiger partial charge in [0.05, 0.1) is 0 Å². The van der Waals surface area contributed by atoms with Crippen LogP contribution in [0.4, 0.5) is 0 Å². The van der Waals surface area contributed by atoms with E-state index in [2.05, 4.69) is 5.32 Å². The van der Waals surface area contributed by atoms with E-state index in [4.69, 9.17) is 34.8 Å². The van der Waals surface area contributed by atoms with E-state index in [9.17, 15) is 9.59 Å². The number of halogens is 3. The van der Waals surface area contributed by atoms with Gasteiger partial charge < -0.3 is 10.2 Å². The second kappa shape index (κ2) is 12.5. The minimum Gasteiger partial charge on any atom is -0.357 e. The van der Waals surface area contributed by atoms with Crippen molar-refractivity contribution in [3.8, 4) is 0 Å². The second-order valence-corrected chi connectivity index (χ2v) is 9.15. The van der Waals surface area contributed by atoms with Crippen LogP contribution in [-0.2, 0) is 16.1 Å². The number of nitrogens with one attached hydrogen (secondary N) is 1. The van der Waals surface area contributed by atoms with Gasteiger partial charge in [-0.1, -0.05) is 47.8 Å². The molecule has 0 aliphatic rings. The summed E-state index contributed by atoms with van der Waals surface area (Å²) in [6.45, 7) is 2.14. The fourth-order valence-electron chi connectivity index (χ4n) is 3.01. The highest BCUT2D eigenvalue weighted by Gasteiger charge is 2.28. The van der Waals surface area contributed by atoms with Gasteiger partial charge in [-0.05, 0) is 60.6 Å². The first kappa shape index (κ1) is 24.9. The standard InChI is InChI=1S/C22H25Cl3N2O2S/c1-3-20(22(29)26-2)27(14-15-6-7-17(24)13-19(15)25)21(28)5-4-12-30-18-10-8-16(23)9-11-18/h6-11,13,20H,3-5,12,14H2,1-2H3,(H,26,29)/t20-/m0/s1. The van der Waals surface area contributed by atoms with E-state index in [0.717, 1.165) is 16.2 Å². The number of rotatable bonds is 10. The Balaban J connectivity index is 2.05. The van der Waals surface area contributed by atoms with E-state index in [1.54, 1.807) is 41.9 Å². The number of carbonyl (C=O) groups excluding carboxylic acids is 2. The monoisotopic (exact) mass is 486 g/mol. The molecule has 1 N–H and O–H groups in total. The normalized spacial score (nSPS) is 11.8. The van der Waals surface area contributed by atoms with Crippen LogP contribution in [0, 0.1) is 0 Å². The van der Waals surface area contributed by atoms with Crippen molar-refractivity contribution in [2.75, 3.05) is 12.8 Å². The lowest BCUT2D eigenvalue weighted by Gasteiger charge is -2.30. The summed E-state index contributed by atoms with van der Waals surface area (Å²) in [6.07, 6.45) is 1.55. The van der Waals surface area contributed by atoms with Crippen LogP contribution in [0.2, 0.25) is 15.1 Å². The van der Waals surface area contributed by atoms with E-state index in [1.165, 1.54) is 0 Å². The Morgan fingerprint density at radius 3 is 2.33 bits per heavy atom. The summed E-state index contributed by atoms with van der Waals surface area (Å²) in [5.74, 6) is 0.527. The van der Waals surface area contributed by atoms with Gasteiger partial charge >= 0.3 is 0 Å². The van der Waals surface area contributed by atoms with E-state index >= 15 is 0 Å². The molecule has 2 aromatic rings. The predicted molar refractivity (Wildman–Crippen MR) is 127 cm³/mol. The molecule has 2 rings (SSSR count). The van der Waals surface area contributed by atoms with Gasteiger partial charge in [-0.2, -0.15) is 0 Å². The van der Waals surface area contributed by atoms with Crippen LogP contribution in [0.1, 0.15) is 31.7 Å². The van der Waals surface area contributed by atoms with Crippen molar-refractivity contribution < 1.29 is 9.59 Å². The Kier molecular flexibility index (Phi) is 10.3. The smallest absolute Gasteiger partial charge is 0.242 e. The molecular formula is C22H25Cl3N2O2S. The molecule has 0 spiro atoms. The number of hydrogen-bond donors (Lipinski definition) is 1. The predicted octanol–water partition coefficient (Wildman–Crippen LogP) is 6.07. The van der Waals surface area contributed by atoms with Crippen molar-refractivity contribution in [3.05, 3.63) is 63.1 Å². The van der Waals surface area contributed by atoms with Gasteiger partial charge in [-0.25, -0.2) is 0 Å². The Morgan fingerprint density at radius 1 is 1.07 bits per heavy atom. The maximum absolute atomic E-state index is 13.1. The van der Waals surface area contributed by atoms with Crippen molar-refractivity contribution in [1.82, 2.24) is 10.2 Å². The van der Waals surface area contributed by atoms with Crippen LogP contribution in [0.25, 0.3) is 0 Å². The molecule has 0 aromatic heterocycles. The number of hydrogen-bond acceptors (Lipinski definition) is 3. The molecule has 0 saturated heterocycles. The molecule has 0 bridgehead atoms. The molecule has 0 saturated carbocycles. The molecule has 8 heteroatoms. The molecule has 0 fully saturated rings. The Morgan fingerprint density at radius 2 is 1.73 bits per heavy atom. The van der Waals surface area contributed by atoms with Gasteiger partial charge in [0, 0.05) is 40.0 Å². The van der Waals surface area contributed by atoms with E-state index in [1.807, 2.05) is 31.2 Å². The summed E-state index contributed by atoms with van der Waals surface area (Å²) in [7, 11) is 1.58. The molecule has 2 aromatic carbocycles. The maximum Gasteiger partial charge on any atom is 0.242 e. The molecule has 1 atom stereocenters. The third-order valence-corrected chi connectivity index (χ3v) is 6.54. The van der Waals surface area contributed by atoms with Gasteiger partial charge in [0.25, 0.3) is 0 Å². The molecule has 0 heterocycles. The highest BCUT2D eigenvalue weighted by molar-refractivity contribution is 7.99. The van der Waals surface area contributed by atoms with Crippen molar-refractivity contribution >= 4 is 58.4 Å². The van der Waals surface area contributed by atoms with Crippen molar-refractivity contribution in [1.29, 1.82) is 0 Å². The molecule has 0 aliphatic carbocycles. The van der Waals surface area contributed by atoms with Gasteiger partial charge in [-0.3, -0.25) is 9.59 Å². The van der Waals surface area contributed by atoms with Crippen molar-refractivity contribution in [2.45, 2.75) is 43.7 Å². The minimum absolute atomic E-state index is 0.0758. The molecule has 0 aliphatic heterocycles. The van der Waals surface area contributed by atoms with Gasteiger partial charge in [0.1, 0.15) is 6.04 Å². The maximum atomic E-state index is 13.1. The van der Waals surface area contributed by atoms with E-state index in [0.29, 0.717) is 34.3 Å². The second-order valence-electron chi connectivity index (χ2n) is 6.70. The Bertz CT molecular complexity index is 862. The summed E-state index contributed by atoms with van der Waals surface area (Å²) in [4.78, 5) is 28.2. The highest BCUT2D eigenvalue weighted by atomic mass is 35.5. The number of likely N-dealkylation sites (N-methyl/N-ethyl adjacent to an activating group) is 1. The summed E-state index contributed by atoms with van der Waals surface area (Å²) in [6, 6.07) is 12.2. The zero-order valence-electron chi connectivity index (χ0n) is 17.0. The van der Waals surface area contributed by atoms with Crippen LogP contribution in [0.15, 0.2) is 47.4 Å².